The molecule has 0 amide bonds. The van der Waals surface area contributed by atoms with Gasteiger partial charge in [0.25, 0.3) is 5.56 Å². The summed E-state index contributed by atoms with van der Waals surface area (Å²) in [4.78, 5) is 19.3. The minimum atomic E-state index is -0.206. The summed E-state index contributed by atoms with van der Waals surface area (Å²) in [6.45, 7) is 0. The lowest BCUT2D eigenvalue weighted by molar-refractivity contribution is 1.20. The lowest BCUT2D eigenvalue weighted by Crippen LogP contribution is -2.09. The zero-order valence-electron chi connectivity index (χ0n) is 9.11. The van der Waals surface area contributed by atoms with Crippen LogP contribution in [0.1, 0.15) is 0 Å². The third-order valence-corrected chi connectivity index (χ3v) is 3.95. The molecule has 0 saturated carbocycles. The molecule has 0 radical (unpaired) electrons. The second-order valence-corrected chi connectivity index (χ2v) is 5.27. The van der Waals surface area contributed by atoms with Crippen molar-refractivity contribution in [2.75, 3.05) is 5.73 Å². The van der Waals surface area contributed by atoms with Gasteiger partial charge in [-0.2, -0.15) is 0 Å². The molecule has 0 bridgehead atoms. The van der Waals surface area contributed by atoms with Crippen molar-refractivity contribution in [3.8, 4) is 10.4 Å². The molecular formula is C12H8ClN3OS. The predicted molar refractivity (Wildman–Crippen MR) is 75.1 cm³/mol. The number of nitrogens with two attached hydrogens (primary N) is 1. The van der Waals surface area contributed by atoms with Crippen molar-refractivity contribution in [1.82, 2.24) is 9.97 Å². The van der Waals surface area contributed by atoms with Crippen LogP contribution in [0.2, 0.25) is 5.02 Å². The fourth-order valence-corrected chi connectivity index (χ4v) is 2.84. The maximum Gasteiger partial charge on any atom is 0.270 e. The van der Waals surface area contributed by atoms with Crippen molar-refractivity contribution in [1.29, 1.82) is 0 Å². The third kappa shape index (κ3) is 1.87. The number of anilines is 1. The van der Waals surface area contributed by atoms with Crippen molar-refractivity contribution in [3.05, 3.63) is 45.7 Å². The summed E-state index contributed by atoms with van der Waals surface area (Å²) in [5, 5.41) is 0.681. The molecule has 4 nitrogen and oxygen atoms in total. The Bertz CT molecular complexity index is 776. The van der Waals surface area contributed by atoms with Crippen LogP contribution >= 0.6 is 22.9 Å². The van der Waals surface area contributed by atoms with Crippen molar-refractivity contribution in [3.63, 3.8) is 0 Å². The Labute approximate surface area is 111 Å². The van der Waals surface area contributed by atoms with Gasteiger partial charge < -0.3 is 5.73 Å². The Hall–Kier alpha value is -1.85. The van der Waals surface area contributed by atoms with E-state index in [1.807, 2.05) is 30.3 Å². The van der Waals surface area contributed by atoms with Gasteiger partial charge in [-0.05, 0) is 23.8 Å². The molecule has 0 aliphatic heterocycles. The fraction of sp³-hybridized carbons (Fsp3) is 0. The highest BCUT2D eigenvalue weighted by molar-refractivity contribution is 7.22. The molecule has 18 heavy (non-hydrogen) atoms. The number of nitrogens with one attached hydrogen (secondary N) is 1. The van der Waals surface area contributed by atoms with Gasteiger partial charge >= 0.3 is 0 Å². The smallest absolute Gasteiger partial charge is 0.270 e. The summed E-state index contributed by atoms with van der Waals surface area (Å²) < 4.78 is 0.578. The number of fused-ring (bicyclic) bond motifs is 1. The number of rotatable bonds is 1. The quantitative estimate of drug-likeness (QED) is 0.718. The van der Waals surface area contributed by atoms with Crippen molar-refractivity contribution >= 4 is 39.1 Å². The number of aromatic amines is 1. The number of hydrogen-bond acceptors (Lipinski definition) is 4. The number of thiophene rings is 1. The van der Waals surface area contributed by atoms with E-state index in [-0.39, 0.29) is 11.5 Å². The van der Waals surface area contributed by atoms with E-state index in [2.05, 4.69) is 9.97 Å². The minimum Gasteiger partial charge on any atom is -0.369 e. The third-order valence-electron chi connectivity index (χ3n) is 2.53. The van der Waals surface area contributed by atoms with E-state index >= 15 is 0 Å². The molecule has 0 spiro atoms. The molecule has 0 aliphatic rings. The molecule has 90 valence electrons. The molecule has 3 N–H and O–H groups in total. The van der Waals surface area contributed by atoms with Crippen LogP contribution < -0.4 is 11.3 Å². The van der Waals surface area contributed by atoms with Crippen molar-refractivity contribution in [2.45, 2.75) is 0 Å². The number of nitrogen functional groups attached to an aromatic ring is 1. The van der Waals surface area contributed by atoms with Gasteiger partial charge in [-0.3, -0.25) is 9.78 Å². The van der Waals surface area contributed by atoms with E-state index in [0.717, 1.165) is 10.4 Å². The molecule has 0 aliphatic carbocycles. The molecule has 3 aromatic rings. The Balaban J connectivity index is 2.22. The molecule has 2 heterocycles. The van der Waals surface area contributed by atoms with Crippen molar-refractivity contribution in [2.24, 2.45) is 0 Å². The topological polar surface area (TPSA) is 71.8 Å². The lowest BCUT2D eigenvalue weighted by Gasteiger charge is -1.95. The zero-order valence-corrected chi connectivity index (χ0v) is 10.7. The molecule has 3 rings (SSSR count). The molecule has 0 atom stereocenters. The SMILES string of the molecule is Nc1nc2cc(-c3ccc(Cl)cc3)sc2c(=O)[nH]1. The van der Waals surface area contributed by atoms with Crippen LogP contribution in [0.3, 0.4) is 0 Å². The highest BCUT2D eigenvalue weighted by atomic mass is 35.5. The summed E-state index contributed by atoms with van der Waals surface area (Å²) in [7, 11) is 0. The largest absolute Gasteiger partial charge is 0.369 e. The van der Waals surface area contributed by atoms with E-state index in [4.69, 9.17) is 17.3 Å². The highest BCUT2D eigenvalue weighted by Gasteiger charge is 2.09. The molecule has 1 aromatic carbocycles. The van der Waals surface area contributed by atoms with Gasteiger partial charge in [-0.1, -0.05) is 23.7 Å². The first-order chi connectivity index (χ1) is 8.63. The first kappa shape index (κ1) is 11.3. The minimum absolute atomic E-state index is 0.132. The van der Waals surface area contributed by atoms with Gasteiger partial charge in [0, 0.05) is 9.90 Å². The van der Waals surface area contributed by atoms with E-state index in [1.54, 1.807) is 0 Å². The van der Waals surface area contributed by atoms with Crippen molar-refractivity contribution < 1.29 is 0 Å². The number of aromatic nitrogens is 2. The lowest BCUT2D eigenvalue weighted by atomic mass is 10.2. The van der Waals surface area contributed by atoms with Gasteiger partial charge in [0.2, 0.25) is 5.95 Å². The Morgan fingerprint density at radius 1 is 1.28 bits per heavy atom. The molecule has 2 aromatic heterocycles. The average molecular weight is 278 g/mol. The Morgan fingerprint density at radius 3 is 2.72 bits per heavy atom. The van der Waals surface area contributed by atoms with E-state index < -0.39 is 0 Å². The number of halogens is 1. The van der Waals surface area contributed by atoms with Crippen LogP contribution in [-0.4, -0.2) is 9.97 Å². The fourth-order valence-electron chi connectivity index (χ4n) is 1.71. The van der Waals surface area contributed by atoms with Crippen LogP contribution in [0, 0.1) is 0 Å². The second-order valence-electron chi connectivity index (χ2n) is 3.78. The van der Waals surface area contributed by atoms with Gasteiger partial charge in [0.1, 0.15) is 4.70 Å². The zero-order chi connectivity index (χ0) is 12.7. The standard InChI is InChI=1S/C12H8ClN3OS/c13-7-3-1-6(2-4-7)9-5-8-10(18-9)11(17)16-12(14)15-8/h1-5H,(H3,14,15,16,17). The first-order valence-corrected chi connectivity index (χ1v) is 6.38. The van der Waals surface area contributed by atoms with Gasteiger partial charge in [-0.15, -0.1) is 11.3 Å². The summed E-state index contributed by atoms with van der Waals surface area (Å²) in [6.07, 6.45) is 0. The van der Waals surface area contributed by atoms with Crippen LogP contribution in [-0.2, 0) is 0 Å². The first-order valence-electron chi connectivity index (χ1n) is 5.19. The Kier molecular flexibility index (Phi) is 2.57. The second kappa shape index (κ2) is 4.12. The van der Waals surface area contributed by atoms with Crippen LogP contribution in [0.5, 0.6) is 0 Å². The summed E-state index contributed by atoms with van der Waals surface area (Å²) in [6, 6.07) is 9.30. The highest BCUT2D eigenvalue weighted by Crippen LogP contribution is 2.31. The number of H-pyrrole nitrogens is 1. The monoisotopic (exact) mass is 277 g/mol. The summed E-state index contributed by atoms with van der Waals surface area (Å²) >= 11 is 7.23. The normalized spacial score (nSPS) is 10.9. The van der Waals surface area contributed by atoms with E-state index in [1.165, 1.54) is 11.3 Å². The number of benzene rings is 1. The van der Waals surface area contributed by atoms with E-state index in [0.29, 0.717) is 15.2 Å². The number of nitrogens with zero attached hydrogens (tertiary/aromatic N) is 1. The summed E-state index contributed by atoms with van der Waals surface area (Å²) in [5.41, 5.74) is 6.92. The Morgan fingerprint density at radius 2 is 2.00 bits per heavy atom. The maximum atomic E-state index is 11.7. The van der Waals surface area contributed by atoms with Crippen LogP contribution in [0.15, 0.2) is 35.1 Å². The molecular weight excluding hydrogens is 270 g/mol. The number of hydrogen-bond donors (Lipinski definition) is 2. The van der Waals surface area contributed by atoms with Gasteiger partial charge in [0.05, 0.1) is 5.52 Å². The molecule has 0 fully saturated rings. The molecule has 6 heteroatoms. The van der Waals surface area contributed by atoms with Crippen LogP contribution in [0.25, 0.3) is 20.7 Å². The molecule has 0 saturated heterocycles. The average Bonchev–Trinajstić information content (AvgIpc) is 2.74. The van der Waals surface area contributed by atoms with Crippen LogP contribution in [0.4, 0.5) is 5.95 Å². The van der Waals surface area contributed by atoms with E-state index in [9.17, 15) is 4.79 Å². The maximum absolute atomic E-state index is 11.7. The molecule has 0 unspecified atom stereocenters. The van der Waals surface area contributed by atoms with Gasteiger partial charge in [-0.25, -0.2) is 4.98 Å². The predicted octanol–water partition coefficient (Wildman–Crippen LogP) is 2.89. The summed E-state index contributed by atoms with van der Waals surface area (Å²) in [5.74, 6) is 0.132. The van der Waals surface area contributed by atoms with Gasteiger partial charge in [0.15, 0.2) is 0 Å².